The topological polar surface area (TPSA) is 96.3 Å². The van der Waals surface area contributed by atoms with Gasteiger partial charge in [0.2, 0.25) is 5.91 Å². The smallest absolute Gasteiger partial charge is 0.325 e. The van der Waals surface area contributed by atoms with E-state index < -0.39 is 17.4 Å². The first kappa shape index (κ1) is 19.1. The van der Waals surface area contributed by atoms with Crippen molar-refractivity contribution in [2.45, 2.75) is 44.2 Å². The van der Waals surface area contributed by atoms with Crippen LogP contribution in [0.15, 0.2) is 36.9 Å². The third-order valence-corrected chi connectivity index (χ3v) is 5.55. The summed E-state index contributed by atoms with van der Waals surface area (Å²) in [5, 5.41) is 5.49. The van der Waals surface area contributed by atoms with Gasteiger partial charge in [0.1, 0.15) is 11.4 Å². The van der Waals surface area contributed by atoms with E-state index in [0.29, 0.717) is 24.1 Å². The number of urea groups is 1. The van der Waals surface area contributed by atoms with Crippen LogP contribution < -0.4 is 10.6 Å². The van der Waals surface area contributed by atoms with E-state index >= 15 is 0 Å². The van der Waals surface area contributed by atoms with Crippen molar-refractivity contribution in [2.75, 3.05) is 6.54 Å². The minimum absolute atomic E-state index is 0.00480. The molecule has 1 saturated carbocycles. The highest BCUT2D eigenvalue weighted by Crippen LogP contribution is 2.35. The molecule has 1 aliphatic carbocycles. The van der Waals surface area contributed by atoms with Crippen molar-refractivity contribution < 1.29 is 18.8 Å². The summed E-state index contributed by atoms with van der Waals surface area (Å²) in [4.78, 5) is 41.9. The second-order valence-electron chi connectivity index (χ2n) is 7.46. The van der Waals surface area contributed by atoms with E-state index in [1.807, 2.05) is 0 Å². The van der Waals surface area contributed by atoms with Crippen LogP contribution in [0.1, 0.15) is 37.7 Å². The standard InChI is InChI=1S/C20H22FN5O3/c21-15-11-14(3-4-16(15)25-10-8-22-13-25)12-23-17(27)5-9-26-18(28)20(24-19(26)29)6-1-2-7-20/h3-4,8,10-11,13H,1-2,5-7,9,12H2,(H,23,27)(H,24,29). The number of carbonyl (C=O) groups excluding carboxylic acids is 3. The normalized spacial score (nSPS) is 17.8. The molecule has 0 bridgehead atoms. The number of halogens is 1. The van der Waals surface area contributed by atoms with E-state index in [-0.39, 0.29) is 31.3 Å². The predicted octanol–water partition coefficient (Wildman–Crippen LogP) is 1.88. The number of hydrogen-bond donors (Lipinski definition) is 2. The van der Waals surface area contributed by atoms with Gasteiger partial charge in [-0.15, -0.1) is 0 Å². The van der Waals surface area contributed by atoms with Crippen molar-refractivity contribution in [3.05, 3.63) is 48.3 Å². The molecule has 2 heterocycles. The summed E-state index contributed by atoms with van der Waals surface area (Å²) >= 11 is 0. The Morgan fingerprint density at radius 2 is 2.07 bits per heavy atom. The Balaban J connectivity index is 1.29. The molecule has 152 valence electrons. The number of imide groups is 1. The Kier molecular flexibility index (Phi) is 5.04. The molecule has 1 spiro atoms. The molecule has 1 aromatic carbocycles. The lowest BCUT2D eigenvalue weighted by atomic mass is 9.98. The van der Waals surface area contributed by atoms with Crippen LogP contribution in [0.3, 0.4) is 0 Å². The highest BCUT2D eigenvalue weighted by Gasteiger charge is 2.52. The van der Waals surface area contributed by atoms with Crippen LogP contribution in [0.4, 0.5) is 9.18 Å². The average molecular weight is 399 g/mol. The first-order valence-electron chi connectivity index (χ1n) is 9.66. The van der Waals surface area contributed by atoms with Crippen LogP contribution in [0.2, 0.25) is 0 Å². The third kappa shape index (κ3) is 3.72. The molecular formula is C20H22FN5O3. The van der Waals surface area contributed by atoms with Crippen molar-refractivity contribution >= 4 is 17.8 Å². The fourth-order valence-corrected chi connectivity index (χ4v) is 3.97. The number of benzene rings is 1. The van der Waals surface area contributed by atoms with Crippen LogP contribution in [0, 0.1) is 5.82 Å². The average Bonchev–Trinajstić information content (AvgIpc) is 3.43. The summed E-state index contributed by atoms with van der Waals surface area (Å²) in [5.74, 6) is -0.960. The van der Waals surface area contributed by atoms with Crippen LogP contribution in [-0.2, 0) is 16.1 Å². The maximum absolute atomic E-state index is 14.3. The molecule has 8 nitrogen and oxygen atoms in total. The second kappa shape index (κ2) is 7.65. The Morgan fingerprint density at radius 1 is 1.28 bits per heavy atom. The molecule has 1 aliphatic heterocycles. The molecule has 4 amide bonds. The molecule has 0 atom stereocenters. The van der Waals surface area contributed by atoms with Gasteiger partial charge >= 0.3 is 6.03 Å². The molecule has 2 aliphatic rings. The molecule has 9 heteroatoms. The summed E-state index contributed by atoms with van der Waals surface area (Å²) in [6.45, 7) is 0.191. The van der Waals surface area contributed by atoms with Gasteiger partial charge in [-0.1, -0.05) is 18.9 Å². The molecule has 0 unspecified atom stereocenters. The van der Waals surface area contributed by atoms with Gasteiger partial charge in [0, 0.05) is 31.9 Å². The van der Waals surface area contributed by atoms with Crippen LogP contribution in [0.5, 0.6) is 0 Å². The van der Waals surface area contributed by atoms with Crippen molar-refractivity contribution in [1.82, 2.24) is 25.1 Å². The Bertz CT molecular complexity index is 938. The van der Waals surface area contributed by atoms with Gasteiger partial charge in [-0.05, 0) is 30.5 Å². The van der Waals surface area contributed by atoms with E-state index in [4.69, 9.17) is 0 Å². The lowest BCUT2D eigenvalue weighted by molar-refractivity contribution is -0.131. The molecule has 29 heavy (non-hydrogen) atoms. The minimum Gasteiger partial charge on any atom is -0.352 e. The lowest BCUT2D eigenvalue weighted by Gasteiger charge is -2.19. The predicted molar refractivity (Wildman–Crippen MR) is 101 cm³/mol. The maximum Gasteiger partial charge on any atom is 0.325 e. The quantitative estimate of drug-likeness (QED) is 0.725. The molecule has 1 saturated heterocycles. The number of nitrogens with one attached hydrogen (secondary N) is 2. The molecule has 2 aromatic rings. The largest absolute Gasteiger partial charge is 0.352 e. The maximum atomic E-state index is 14.3. The van der Waals surface area contributed by atoms with Crippen molar-refractivity contribution in [3.63, 3.8) is 0 Å². The molecule has 0 radical (unpaired) electrons. The Labute approximate surface area is 167 Å². The van der Waals surface area contributed by atoms with Crippen LogP contribution in [0.25, 0.3) is 5.69 Å². The van der Waals surface area contributed by atoms with Gasteiger partial charge in [-0.25, -0.2) is 14.2 Å². The van der Waals surface area contributed by atoms with E-state index in [1.54, 1.807) is 29.1 Å². The van der Waals surface area contributed by atoms with Crippen molar-refractivity contribution in [1.29, 1.82) is 0 Å². The van der Waals surface area contributed by atoms with Crippen LogP contribution in [-0.4, -0.2) is 44.4 Å². The fraction of sp³-hybridized carbons (Fsp3) is 0.400. The number of imidazole rings is 1. The zero-order chi connectivity index (χ0) is 20.4. The lowest BCUT2D eigenvalue weighted by Crippen LogP contribution is -2.44. The number of nitrogens with zero attached hydrogens (tertiary/aromatic N) is 3. The minimum atomic E-state index is -0.762. The second-order valence-corrected chi connectivity index (χ2v) is 7.46. The highest BCUT2D eigenvalue weighted by atomic mass is 19.1. The zero-order valence-electron chi connectivity index (χ0n) is 15.9. The van der Waals surface area contributed by atoms with Gasteiger partial charge in [0.25, 0.3) is 5.91 Å². The van der Waals surface area contributed by atoms with Gasteiger partial charge < -0.3 is 15.2 Å². The number of aromatic nitrogens is 2. The summed E-state index contributed by atoms with van der Waals surface area (Å²) in [6.07, 6.45) is 7.85. The fourth-order valence-electron chi connectivity index (χ4n) is 3.97. The van der Waals surface area contributed by atoms with Crippen LogP contribution >= 0.6 is 0 Å². The van der Waals surface area contributed by atoms with Crippen molar-refractivity contribution in [2.24, 2.45) is 0 Å². The Hall–Kier alpha value is -3.23. The van der Waals surface area contributed by atoms with Gasteiger partial charge in [-0.3, -0.25) is 14.5 Å². The number of rotatable bonds is 6. The summed E-state index contributed by atoms with van der Waals surface area (Å²) in [6, 6.07) is 4.27. The molecule has 2 N–H and O–H groups in total. The van der Waals surface area contributed by atoms with Gasteiger partial charge in [0.05, 0.1) is 12.0 Å². The molecule has 2 fully saturated rings. The molecule has 4 rings (SSSR count). The zero-order valence-corrected chi connectivity index (χ0v) is 15.9. The summed E-state index contributed by atoms with van der Waals surface area (Å²) in [5.41, 5.74) is 0.221. The number of hydrogen-bond acceptors (Lipinski definition) is 4. The number of amides is 4. The Morgan fingerprint density at radius 3 is 2.76 bits per heavy atom. The van der Waals surface area contributed by atoms with Crippen molar-refractivity contribution in [3.8, 4) is 5.69 Å². The van der Waals surface area contributed by atoms with Gasteiger partial charge in [-0.2, -0.15) is 0 Å². The van der Waals surface area contributed by atoms with E-state index in [0.717, 1.165) is 17.7 Å². The molecule has 1 aromatic heterocycles. The first-order chi connectivity index (χ1) is 14.0. The monoisotopic (exact) mass is 399 g/mol. The van der Waals surface area contributed by atoms with E-state index in [9.17, 15) is 18.8 Å². The van der Waals surface area contributed by atoms with E-state index in [2.05, 4.69) is 15.6 Å². The van der Waals surface area contributed by atoms with E-state index in [1.165, 1.54) is 12.4 Å². The first-order valence-corrected chi connectivity index (χ1v) is 9.66. The number of carbonyl (C=O) groups is 3. The third-order valence-electron chi connectivity index (χ3n) is 5.55. The summed E-state index contributed by atoms with van der Waals surface area (Å²) < 4.78 is 15.8. The van der Waals surface area contributed by atoms with Gasteiger partial charge in [0.15, 0.2) is 0 Å². The highest BCUT2D eigenvalue weighted by molar-refractivity contribution is 6.07. The summed E-state index contributed by atoms with van der Waals surface area (Å²) in [7, 11) is 0. The molecular weight excluding hydrogens is 377 g/mol. The SMILES string of the molecule is O=C(CCN1C(=O)NC2(CCCC2)C1=O)NCc1ccc(-n2ccnc2)c(F)c1.